The number of hydrogen-bond acceptors (Lipinski definition) is 3. The van der Waals surface area contributed by atoms with Crippen LogP contribution in [-0.2, 0) is 24.2 Å². The quantitative estimate of drug-likeness (QED) is 0.438. The van der Waals surface area contributed by atoms with Gasteiger partial charge in [-0.05, 0) is 89.5 Å². The van der Waals surface area contributed by atoms with E-state index in [9.17, 15) is 0 Å². The Hall–Kier alpha value is -1.34. The topological polar surface area (TPSA) is 30.5 Å². The fraction of sp³-hybridized carbons (Fsp3) is 0.350. The lowest BCUT2D eigenvalue weighted by atomic mass is 10.0. The molecule has 0 unspecified atom stereocenters. The Labute approximate surface area is 169 Å². The highest BCUT2D eigenvalue weighted by molar-refractivity contribution is 14.1. The molecule has 25 heavy (non-hydrogen) atoms. The number of methoxy groups -OCH3 is 1. The van der Waals surface area contributed by atoms with Gasteiger partial charge < -0.3 is 14.8 Å². The number of hydrogen-bond donors (Lipinski definition) is 1. The smallest absolute Gasteiger partial charge is 0.260 e. The summed E-state index contributed by atoms with van der Waals surface area (Å²) in [5.74, 6) is 0.956. The van der Waals surface area contributed by atoms with Crippen molar-refractivity contribution in [3.05, 3.63) is 56.2 Å². The lowest BCUT2D eigenvalue weighted by Gasteiger charge is -2.17. The molecule has 0 amide bonds. The Morgan fingerprint density at radius 3 is 2.52 bits per heavy atom. The Morgan fingerprint density at radius 2 is 1.88 bits per heavy atom. The summed E-state index contributed by atoms with van der Waals surface area (Å²) in [7, 11) is 1.56. The van der Waals surface area contributed by atoms with E-state index < -0.39 is 0 Å². The predicted octanol–water partition coefficient (Wildman–Crippen LogP) is 5.65. The van der Waals surface area contributed by atoms with E-state index >= 15 is 0 Å². The van der Waals surface area contributed by atoms with Crippen LogP contribution in [0.25, 0.3) is 0 Å². The van der Waals surface area contributed by atoms with Gasteiger partial charge in [0.15, 0.2) is 0 Å². The van der Waals surface area contributed by atoms with E-state index in [-0.39, 0.29) is 0 Å². The van der Waals surface area contributed by atoms with Crippen LogP contribution >= 0.6 is 34.8 Å². The lowest BCUT2D eigenvalue weighted by Crippen LogP contribution is -2.14. The lowest BCUT2D eigenvalue weighted by molar-refractivity contribution is 0.302. The summed E-state index contributed by atoms with van der Waals surface area (Å²) in [5.41, 5.74) is 5.89. The number of benzene rings is 2. The second-order valence-electron chi connectivity index (χ2n) is 5.76. The van der Waals surface area contributed by atoms with E-state index in [0.717, 1.165) is 33.4 Å². The first-order chi connectivity index (χ1) is 12.0. The molecule has 1 N–H and O–H groups in total. The Morgan fingerprint density at radius 1 is 1.16 bits per heavy atom. The van der Waals surface area contributed by atoms with Gasteiger partial charge >= 0.3 is 0 Å². The molecule has 0 saturated heterocycles. The van der Waals surface area contributed by atoms with Crippen LogP contribution in [0.5, 0.6) is 5.75 Å². The maximum atomic E-state index is 6.20. The first-order valence-corrected chi connectivity index (χ1v) is 9.86. The van der Waals surface area contributed by atoms with E-state index in [1.54, 1.807) is 7.11 Å². The molecule has 0 heterocycles. The van der Waals surface area contributed by atoms with Gasteiger partial charge in [0, 0.05) is 14.8 Å². The van der Waals surface area contributed by atoms with Crippen LogP contribution in [-0.4, -0.2) is 12.3 Å². The van der Waals surface area contributed by atoms with Crippen molar-refractivity contribution in [2.45, 2.75) is 40.2 Å². The zero-order valence-electron chi connectivity index (χ0n) is 15.1. The van der Waals surface area contributed by atoms with E-state index in [1.165, 1.54) is 16.7 Å². The average Bonchev–Trinajstić information content (AvgIpc) is 2.61. The minimum absolute atomic E-state index is 0.348. The van der Waals surface area contributed by atoms with Crippen LogP contribution in [0, 0.1) is 10.5 Å². The molecular weight excluding hydrogens is 445 g/mol. The molecule has 0 bridgehead atoms. The molecule has 2 aromatic carbocycles. The molecule has 3 nitrogen and oxygen atoms in total. The molecule has 0 aromatic heterocycles. The summed E-state index contributed by atoms with van der Waals surface area (Å²) < 4.78 is 12.4. The molecular formula is C20H24INO2S. The number of anilines is 1. The van der Waals surface area contributed by atoms with Crippen molar-refractivity contribution in [1.29, 1.82) is 0 Å². The zero-order chi connectivity index (χ0) is 18.4. The Balaban J connectivity index is 2.27. The molecule has 2 aromatic rings. The summed E-state index contributed by atoms with van der Waals surface area (Å²) in [5, 5.41) is 3.47. The summed E-state index contributed by atoms with van der Waals surface area (Å²) in [6.07, 6.45) is 1.99. The van der Waals surface area contributed by atoms with Gasteiger partial charge in [0.05, 0.1) is 7.11 Å². The summed E-state index contributed by atoms with van der Waals surface area (Å²) in [4.78, 5) is 0. The van der Waals surface area contributed by atoms with Crippen molar-refractivity contribution in [3.63, 3.8) is 0 Å². The highest BCUT2D eigenvalue weighted by Crippen LogP contribution is 2.28. The predicted molar refractivity (Wildman–Crippen MR) is 117 cm³/mol. The maximum Gasteiger partial charge on any atom is 0.260 e. The molecule has 0 radical (unpaired) electrons. The molecule has 134 valence electrons. The molecule has 5 heteroatoms. The Kier molecular flexibility index (Phi) is 7.50. The van der Waals surface area contributed by atoms with Crippen LogP contribution in [0.3, 0.4) is 0 Å². The van der Waals surface area contributed by atoms with Crippen molar-refractivity contribution in [2.75, 3.05) is 12.4 Å². The highest BCUT2D eigenvalue weighted by atomic mass is 127. The van der Waals surface area contributed by atoms with Crippen molar-refractivity contribution in [2.24, 2.45) is 0 Å². The number of aryl methyl sites for hydroxylation is 3. The largest absolute Gasteiger partial charge is 0.488 e. The van der Waals surface area contributed by atoms with Gasteiger partial charge in [-0.15, -0.1) is 0 Å². The Bertz CT molecular complexity index is 762. The first-order valence-electron chi connectivity index (χ1n) is 8.37. The van der Waals surface area contributed by atoms with Crippen molar-refractivity contribution >= 4 is 45.7 Å². The zero-order valence-corrected chi connectivity index (χ0v) is 18.1. The highest BCUT2D eigenvalue weighted by Gasteiger charge is 2.12. The second kappa shape index (κ2) is 9.38. The molecule has 0 fully saturated rings. The third-order valence-electron chi connectivity index (χ3n) is 4.19. The van der Waals surface area contributed by atoms with Crippen LogP contribution in [0.15, 0.2) is 30.3 Å². The molecule has 0 saturated carbocycles. The number of ether oxygens (including phenoxy) is 2. The minimum atomic E-state index is 0.348. The van der Waals surface area contributed by atoms with E-state index in [2.05, 4.69) is 66.9 Å². The van der Waals surface area contributed by atoms with Crippen molar-refractivity contribution in [3.8, 4) is 5.75 Å². The standard InChI is InChI=1S/C20H24INO2S/c1-5-14-11-15(6-2)19(10-13(14)3)24-12-16-17(21)8-7-9-18(16)22-20(25)23-4/h7-11H,5-6,12H2,1-4H3,(H,22,25). The minimum Gasteiger partial charge on any atom is -0.488 e. The van der Waals surface area contributed by atoms with Crippen molar-refractivity contribution in [1.82, 2.24) is 0 Å². The van der Waals surface area contributed by atoms with E-state index in [1.807, 2.05) is 12.1 Å². The third kappa shape index (κ3) is 5.07. The summed E-state index contributed by atoms with van der Waals surface area (Å²) in [6.45, 7) is 6.96. The molecule has 0 aliphatic heterocycles. The molecule has 0 spiro atoms. The van der Waals surface area contributed by atoms with Gasteiger partial charge in [0.1, 0.15) is 12.4 Å². The normalized spacial score (nSPS) is 10.4. The van der Waals surface area contributed by atoms with Gasteiger partial charge in [0.25, 0.3) is 5.17 Å². The van der Waals surface area contributed by atoms with E-state index in [4.69, 9.17) is 21.7 Å². The van der Waals surface area contributed by atoms with Gasteiger partial charge in [0.2, 0.25) is 0 Å². The summed E-state index contributed by atoms with van der Waals surface area (Å²) in [6, 6.07) is 10.5. The number of halogens is 1. The third-order valence-corrected chi connectivity index (χ3v) is 5.47. The monoisotopic (exact) mass is 469 g/mol. The number of nitrogens with one attached hydrogen (secondary N) is 1. The van der Waals surface area contributed by atoms with Gasteiger partial charge in [-0.25, -0.2) is 0 Å². The van der Waals surface area contributed by atoms with Crippen LogP contribution in [0.2, 0.25) is 0 Å². The second-order valence-corrected chi connectivity index (χ2v) is 7.30. The molecule has 2 rings (SSSR count). The number of rotatable bonds is 6. The molecule has 0 aliphatic carbocycles. The maximum absolute atomic E-state index is 6.20. The van der Waals surface area contributed by atoms with Crippen LogP contribution in [0.4, 0.5) is 5.69 Å². The first kappa shape index (κ1) is 20.0. The van der Waals surface area contributed by atoms with Gasteiger partial charge in [-0.3, -0.25) is 0 Å². The van der Waals surface area contributed by atoms with Crippen LogP contribution in [0.1, 0.15) is 36.1 Å². The van der Waals surface area contributed by atoms with Gasteiger partial charge in [-0.1, -0.05) is 26.0 Å². The van der Waals surface area contributed by atoms with Crippen molar-refractivity contribution < 1.29 is 9.47 Å². The fourth-order valence-corrected chi connectivity index (χ4v) is 3.47. The summed E-state index contributed by atoms with van der Waals surface area (Å²) >= 11 is 7.44. The molecule has 0 atom stereocenters. The van der Waals surface area contributed by atoms with Crippen LogP contribution < -0.4 is 10.1 Å². The fourth-order valence-electron chi connectivity index (χ4n) is 2.70. The van der Waals surface area contributed by atoms with E-state index in [0.29, 0.717) is 11.8 Å². The average molecular weight is 469 g/mol. The SMILES string of the molecule is CCc1cc(CC)c(OCc2c(I)cccc2NC(=S)OC)cc1C. The van der Waals surface area contributed by atoms with Gasteiger partial charge in [-0.2, -0.15) is 0 Å². The number of thiocarbonyl (C=S) groups is 1. The molecule has 0 aliphatic rings.